The lowest BCUT2D eigenvalue weighted by Gasteiger charge is -2.23. The average molecular weight is 248 g/mol. The van der Waals surface area contributed by atoms with Gasteiger partial charge in [0.1, 0.15) is 11.5 Å². The fraction of sp³-hybridized carbons (Fsp3) is 0.385. The lowest BCUT2D eigenvalue weighted by atomic mass is 10.2. The number of amides is 1. The lowest BCUT2D eigenvalue weighted by Crippen LogP contribution is -2.26. The van der Waals surface area contributed by atoms with Crippen molar-refractivity contribution in [3.05, 3.63) is 18.2 Å². The number of rotatable bonds is 4. The third-order valence-corrected chi connectivity index (χ3v) is 2.84. The highest BCUT2D eigenvalue weighted by molar-refractivity contribution is 5.96. The van der Waals surface area contributed by atoms with Crippen molar-refractivity contribution in [2.45, 2.75) is 13.3 Å². The fourth-order valence-electron chi connectivity index (χ4n) is 1.76. The van der Waals surface area contributed by atoms with Gasteiger partial charge in [0, 0.05) is 25.7 Å². The molecule has 5 heteroatoms. The Balaban J connectivity index is 2.12. The van der Waals surface area contributed by atoms with E-state index in [1.165, 1.54) is 0 Å². The van der Waals surface area contributed by atoms with E-state index in [0.717, 1.165) is 5.69 Å². The molecule has 1 amide bonds. The summed E-state index contributed by atoms with van der Waals surface area (Å²) in [6.45, 7) is 2.30. The van der Waals surface area contributed by atoms with Crippen LogP contribution in [0.2, 0.25) is 0 Å². The normalized spacial score (nSPS) is 13.3. The van der Waals surface area contributed by atoms with Gasteiger partial charge in [-0.25, -0.2) is 0 Å². The second kappa shape index (κ2) is 5.08. The van der Waals surface area contributed by atoms with Gasteiger partial charge in [0.05, 0.1) is 5.69 Å². The van der Waals surface area contributed by atoms with E-state index in [2.05, 4.69) is 5.32 Å². The summed E-state index contributed by atoms with van der Waals surface area (Å²) in [4.78, 5) is 24.2. The Labute approximate surface area is 106 Å². The quantitative estimate of drug-likeness (QED) is 0.875. The van der Waals surface area contributed by atoms with E-state index in [-0.39, 0.29) is 18.3 Å². The van der Waals surface area contributed by atoms with Crippen LogP contribution in [0.4, 0.5) is 11.4 Å². The number of carbonyl (C=O) groups is 2. The molecule has 18 heavy (non-hydrogen) atoms. The van der Waals surface area contributed by atoms with Crippen molar-refractivity contribution in [3.8, 4) is 5.75 Å². The van der Waals surface area contributed by atoms with E-state index in [4.69, 9.17) is 4.74 Å². The van der Waals surface area contributed by atoms with Gasteiger partial charge in [-0.15, -0.1) is 0 Å². The first-order chi connectivity index (χ1) is 8.56. The van der Waals surface area contributed by atoms with Gasteiger partial charge < -0.3 is 15.0 Å². The number of anilines is 2. The SMILES string of the molecule is CC(=O)CCN(C)c1ccc2c(c1)NC(=O)CO2. The second-order valence-electron chi connectivity index (χ2n) is 4.39. The number of ketones is 1. The third kappa shape index (κ3) is 2.80. The van der Waals surface area contributed by atoms with Crippen LogP contribution in [0.15, 0.2) is 18.2 Å². The number of Topliss-reactive ketones (excluding diaryl/α,β-unsaturated/α-hetero) is 1. The Kier molecular flexibility index (Phi) is 3.50. The standard InChI is InChI=1S/C13H16N2O3/c1-9(16)5-6-15(2)10-3-4-12-11(7-10)14-13(17)8-18-12/h3-4,7H,5-6,8H2,1-2H3,(H,14,17). The molecule has 0 aliphatic carbocycles. The molecule has 5 nitrogen and oxygen atoms in total. The molecule has 0 aromatic heterocycles. The van der Waals surface area contributed by atoms with Crippen molar-refractivity contribution in [1.29, 1.82) is 0 Å². The van der Waals surface area contributed by atoms with Crippen LogP contribution in [-0.2, 0) is 9.59 Å². The van der Waals surface area contributed by atoms with Gasteiger partial charge in [-0.1, -0.05) is 0 Å². The lowest BCUT2D eigenvalue weighted by molar-refractivity contribution is -0.118. The number of nitrogens with zero attached hydrogens (tertiary/aromatic N) is 1. The molecule has 0 saturated carbocycles. The average Bonchev–Trinajstić information content (AvgIpc) is 2.34. The number of hydrogen-bond donors (Lipinski definition) is 1. The Morgan fingerprint density at radius 1 is 1.50 bits per heavy atom. The minimum Gasteiger partial charge on any atom is -0.482 e. The van der Waals surface area contributed by atoms with Gasteiger partial charge in [-0.2, -0.15) is 0 Å². The monoisotopic (exact) mass is 248 g/mol. The number of fused-ring (bicyclic) bond motifs is 1. The summed E-state index contributed by atoms with van der Waals surface area (Å²) in [6, 6.07) is 5.59. The van der Waals surface area contributed by atoms with E-state index < -0.39 is 0 Å². The number of ether oxygens (including phenoxy) is 1. The largest absolute Gasteiger partial charge is 0.482 e. The first-order valence-electron chi connectivity index (χ1n) is 5.83. The number of nitrogens with one attached hydrogen (secondary N) is 1. The molecule has 1 aromatic carbocycles. The Hall–Kier alpha value is -2.04. The van der Waals surface area contributed by atoms with E-state index in [1.807, 2.05) is 30.1 Å². The molecule has 1 heterocycles. The van der Waals surface area contributed by atoms with Crippen LogP contribution in [0, 0.1) is 0 Å². The van der Waals surface area contributed by atoms with Crippen LogP contribution in [0.25, 0.3) is 0 Å². The van der Waals surface area contributed by atoms with Crippen molar-refractivity contribution in [3.63, 3.8) is 0 Å². The van der Waals surface area contributed by atoms with Crippen molar-refractivity contribution in [2.24, 2.45) is 0 Å². The van der Waals surface area contributed by atoms with E-state index >= 15 is 0 Å². The number of benzene rings is 1. The summed E-state index contributed by atoms with van der Waals surface area (Å²) in [7, 11) is 1.91. The molecule has 1 aliphatic heterocycles. The van der Waals surface area contributed by atoms with Crippen LogP contribution < -0.4 is 15.0 Å². The predicted molar refractivity (Wildman–Crippen MR) is 69.1 cm³/mol. The molecule has 0 saturated heterocycles. The second-order valence-corrected chi connectivity index (χ2v) is 4.39. The van der Waals surface area contributed by atoms with Gasteiger partial charge >= 0.3 is 0 Å². The number of hydrogen-bond acceptors (Lipinski definition) is 4. The first-order valence-corrected chi connectivity index (χ1v) is 5.83. The summed E-state index contributed by atoms with van der Waals surface area (Å²) >= 11 is 0. The van der Waals surface area contributed by atoms with Crippen LogP contribution in [0.5, 0.6) is 5.75 Å². The molecular weight excluding hydrogens is 232 g/mol. The molecule has 0 radical (unpaired) electrons. The van der Waals surface area contributed by atoms with Crippen LogP contribution in [0.1, 0.15) is 13.3 Å². The van der Waals surface area contributed by atoms with E-state index in [1.54, 1.807) is 6.92 Å². The molecule has 1 aromatic rings. The summed E-state index contributed by atoms with van der Waals surface area (Å²) in [5, 5.41) is 2.76. The molecule has 0 fully saturated rings. The summed E-state index contributed by atoms with van der Waals surface area (Å²) in [6.07, 6.45) is 0.510. The van der Waals surface area contributed by atoms with E-state index in [0.29, 0.717) is 24.4 Å². The zero-order chi connectivity index (χ0) is 13.1. The molecule has 0 unspecified atom stereocenters. The maximum atomic E-state index is 11.2. The van der Waals surface area contributed by atoms with E-state index in [9.17, 15) is 9.59 Å². The molecule has 1 aliphatic rings. The zero-order valence-corrected chi connectivity index (χ0v) is 10.5. The van der Waals surface area contributed by atoms with Gasteiger partial charge in [-0.05, 0) is 25.1 Å². The maximum Gasteiger partial charge on any atom is 0.262 e. The van der Waals surface area contributed by atoms with Crippen LogP contribution in [-0.4, -0.2) is 31.9 Å². The zero-order valence-electron chi connectivity index (χ0n) is 10.5. The summed E-state index contributed by atoms with van der Waals surface area (Å²) < 4.78 is 5.28. The van der Waals surface area contributed by atoms with Gasteiger partial charge in [0.15, 0.2) is 6.61 Å². The minimum atomic E-state index is -0.147. The van der Waals surface area contributed by atoms with Crippen molar-refractivity contribution in [2.75, 3.05) is 30.4 Å². The van der Waals surface area contributed by atoms with Crippen molar-refractivity contribution in [1.82, 2.24) is 0 Å². The van der Waals surface area contributed by atoms with Crippen LogP contribution in [0.3, 0.4) is 0 Å². The first kappa shape index (κ1) is 12.4. The highest BCUT2D eigenvalue weighted by atomic mass is 16.5. The Morgan fingerprint density at radius 3 is 3.00 bits per heavy atom. The molecule has 1 N–H and O–H groups in total. The highest BCUT2D eigenvalue weighted by Gasteiger charge is 2.16. The summed E-state index contributed by atoms with van der Waals surface area (Å²) in [5.41, 5.74) is 1.62. The maximum absolute atomic E-state index is 11.2. The smallest absolute Gasteiger partial charge is 0.262 e. The highest BCUT2D eigenvalue weighted by Crippen LogP contribution is 2.31. The molecule has 2 rings (SSSR count). The molecule has 0 bridgehead atoms. The predicted octanol–water partition coefficient (Wildman–Crippen LogP) is 1.43. The third-order valence-electron chi connectivity index (χ3n) is 2.84. The number of carbonyl (C=O) groups excluding carboxylic acids is 2. The molecular formula is C13H16N2O3. The Morgan fingerprint density at radius 2 is 2.28 bits per heavy atom. The van der Waals surface area contributed by atoms with Gasteiger partial charge in [0.2, 0.25) is 0 Å². The minimum absolute atomic E-state index is 0.0620. The van der Waals surface area contributed by atoms with Crippen LogP contribution >= 0.6 is 0 Å². The van der Waals surface area contributed by atoms with Gasteiger partial charge in [-0.3, -0.25) is 9.59 Å². The topological polar surface area (TPSA) is 58.6 Å². The van der Waals surface area contributed by atoms with Crippen molar-refractivity contribution < 1.29 is 14.3 Å². The van der Waals surface area contributed by atoms with Crippen molar-refractivity contribution >= 4 is 23.1 Å². The van der Waals surface area contributed by atoms with Gasteiger partial charge in [0.25, 0.3) is 5.91 Å². The molecule has 0 spiro atoms. The molecule has 0 atom stereocenters. The Bertz CT molecular complexity index is 485. The summed E-state index contributed by atoms with van der Waals surface area (Å²) in [5.74, 6) is 0.695. The fourth-order valence-corrected chi connectivity index (χ4v) is 1.76. The molecule has 96 valence electrons.